The summed E-state index contributed by atoms with van der Waals surface area (Å²) < 4.78 is 5.59. The molecule has 1 aromatic carbocycles. The minimum Gasteiger partial charge on any atom is -0.494 e. The van der Waals surface area contributed by atoms with Crippen LogP contribution in [-0.2, 0) is 4.79 Å². The Hall–Kier alpha value is -1.55. The monoisotopic (exact) mass is 291 g/mol. The molecule has 21 heavy (non-hydrogen) atoms. The Kier molecular flexibility index (Phi) is 4.88. The third-order valence-electron chi connectivity index (χ3n) is 4.46. The molecule has 2 unspecified atom stereocenters. The molecule has 1 N–H and O–H groups in total. The number of rotatable bonds is 6. The number of likely N-dealkylation sites (tertiary alicyclic amines) is 1. The van der Waals surface area contributed by atoms with Gasteiger partial charge in [-0.3, -0.25) is 9.69 Å². The highest BCUT2D eigenvalue weighted by molar-refractivity contribution is 5.78. The Morgan fingerprint density at radius 2 is 2.10 bits per heavy atom. The Balaban J connectivity index is 2.12. The second-order valence-corrected chi connectivity index (χ2v) is 5.97. The fraction of sp³-hybridized carbons (Fsp3) is 0.588. The highest BCUT2D eigenvalue weighted by atomic mass is 16.5. The first-order valence-corrected chi connectivity index (χ1v) is 7.72. The van der Waals surface area contributed by atoms with Crippen LogP contribution in [0.3, 0.4) is 0 Å². The molecule has 1 saturated heterocycles. The zero-order valence-corrected chi connectivity index (χ0v) is 13.1. The molecule has 0 aromatic heterocycles. The van der Waals surface area contributed by atoms with Crippen LogP contribution in [-0.4, -0.2) is 34.7 Å². The maximum absolute atomic E-state index is 11.6. The minimum atomic E-state index is -0.753. The van der Waals surface area contributed by atoms with Gasteiger partial charge < -0.3 is 9.84 Å². The number of carbonyl (C=O) groups is 1. The molecule has 0 amide bonds. The topological polar surface area (TPSA) is 49.8 Å². The van der Waals surface area contributed by atoms with Gasteiger partial charge in [-0.05, 0) is 57.4 Å². The van der Waals surface area contributed by atoms with E-state index in [4.69, 9.17) is 4.74 Å². The molecule has 1 aliphatic rings. The van der Waals surface area contributed by atoms with Gasteiger partial charge in [-0.1, -0.05) is 19.1 Å². The van der Waals surface area contributed by atoms with E-state index in [0.717, 1.165) is 37.3 Å². The lowest BCUT2D eigenvalue weighted by atomic mass is 9.96. The predicted octanol–water partition coefficient (Wildman–Crippen LogP) is 3.48. The molecule has 1 aliphatic heterocycles. The summed E-state index contributed by atoms with van der Waals surface area (Å²) in [5, 5.41) is 9.52. The Bertz CT molecular complexity index is 485. The van der Waals surface area contributed by atoms with Crippen LogP contribution >= 0.6 is 0 Å². The van der Waals surface area contributed by atoms with Crippen molar-refractivity contribution in [2.24, 2.45) is 0 Å². The third-order valence-corrected chi connectivity index (χ3v) is 4.46. The highest BCUT2D eigenvalue weighted by Crippen LogP contribution is 2.37. The van der Waals surface area contributed by atoms with Crippen molar-refractivity contribution in [2.75, 3.05) is 13.2 Å². The molecule has 1 fully saturated rings. The standard InChI is InChI=1S/C17H25NO3/c1-4-12-21-15-8-6-14(7-9-15)13(2)18-11-5-10-17(18,3)16(19)20/h6-9,13H,4-5,10-12H2,1-3H3,(H,19,20). The van der Waals surface area contributed by atoms with Crippen molar-refractivity contribution in [3.05, 3.63) is 29.8 Å². The number of ether oxygens (including phenoxy) is 1. The molecule has 0 spiro atoms. The van der Waals surface area contributed by atoms with E-state index in [-0.39, 0.29) is 6.04 Å². The molecule has 2 atom stereocenters. The van der Waals surface area contributed by atoms with Gasteiger partial charge in [0.1, 0.15) is 11.3 Å². The molecule has 0 bridgehead atoms. The summed E-state index contributed by atoms with van der Waals surface area (Å²) in [6, 6.07) is 8.10. The Labute approximate surface area is 126 Å². The van der Waals surface area contributed by atoms with E-state index in [1.807, 2.05) is 31.2 Å². The van der Waals surface area contributed by atoms with Crippen LogP contribution in [0.4, 0.5) is 0 Å². The fourth-order valence-corrected chi connectivity index (χ4v) is 3.08. The van der Waals surface area contributed by atoms with Gasteiger partial charge in [0.25, 0.3) is 0 Å². The van der Waals surface area contributed by atoms with E-state index in [1.54, 1.807) is 0 Å². The fourth-order valence-electron chi connectivity index (χ4n) is 3.08. The van der Waals surface area contributed by atoms with Crippen molar-refractivity contribution in [2.45, 2.75) is 51.6 Å². The quantitative estimate of drug-likeness (QED) is 0.872. The van der Waals surface area contributed by atoms with E-state index in [9.17, 15) is 9.90 Å². The first kappa shape index (κ1) is 15.8. The van der Waals surface area contributed by atoms with Crippen LogP contribution < -0.4 is 4.74 Å². The molecule has 1 heterocycles. The molecule has 0 aliphatic carbocycles. The van der Waals surface area contributed by atoms with Gasteiger partial charge in [-0.25, -0.2) is 0 Å². The molecule has 0 saturated carbocycles. The van der Waals surface area contributed by atoms with E-state index in [1.165, 1.54) is 0 Å². The first-order chi connectivity index (χ1) is 9.99. The van der Waals surface area contributed by atoms with Gasteiger partial charge in [0.05, 0.1) is 6.61 Å². The van der Waals surface area contributed by atoms with Crippen LogP contribution in [0, 0.1) is 0 Å². The van der Waals surface area contributed by atoms with Crippen molar-refractivity contribution in [3.8, 4) is 5.75 Å². The molecule has 0 radical (unpaired) electrons. The summed E-state index contributed by atoms with van der Waals surface area (Å²) in [5.41, 5.74) is 0.379. The van der Waals surface area contributed by atoms with Crippen LogP contribution in [0.5, 0.6) is 5.75 Å². The Morgan fingerprint density at radius 1 is 1.43 bits per heavy atom. The lowest BCUT2D eigenvalue weighted by Gasteiger charge is -2.36. The van der Waals surface area contributed by atoms with Crippen molar-refractivity contribution in [1.82, 2.24) is 4.90 Å². The zero-order valence-electron chi connectivity index (χ0n) is 13.1. The second kappa shape index (κ2) is 6.48. The van der Waals surface area contributed by atoms with Crippen LogP contribution in [0.1, 0.15) is 51.6 Å². The molecule has 4 nitrogen and oxygen atoms in total. The number of aliphatic carboxylic acids is 1. The largest absolute Gasteiger partial charge is 0.494 e. The number of nitrogens with zero attached hydrogens (tertiary/aromatic N) is 1. The summed E-state index contributed by atoms with van der Waals surface area (Å²) in [7, 11) is 0. The summed E-state index contributed by atoms with van der Waals surface area (Å²) in [4.78, 5) is 13.7. The number of carboxylic acid groups (broad SMARTS) is 1. The molecule has 1 aromatic rings. The summed E-state index contributed by atoms with van der Waals surface area (Å²) in [5.74, 6) is 0.143. The van der Waals surface area contributed by atoms with E-state index < -0.39 is 11.5 Å². The molecule has 2 rings (SSSR count). The minimum absolute atomic E-state index is 0.0915. The second-order valence-electron chi connectivity index (χ2n) is 5.97. The van der Waals surface area contributed by atoms with Crippen molar-refractivity contribution in [3.63, 3.8) is 0 Å². The van der Waals surface area contributed by atoms with Crippen LogP contribution in [0.15, 0.2) is 24.3 Å². The lowest BCUT2D eigenvalue weighted by molar-refractivity contribution is -0.149. The van der Waals surface area contributed by atoms with E-state index in [2.05, 4.69) is 18.7 Å². The van der Waals surface area contributed by atoms with Gasteiger partial charge in [-0.2, -0.15) is 0 Å². The van der Waals surface area contributed by atoms with Gasteiger partial charge >= 0.3 is 5.97 Å². The highest BCUT2D eigenvalue weighted by Gasteiger charge is 2.45. The van der Waals surface area contributed by atoms with Gasteiger partial charge in [0.15, 0.2) is 0 Å². The SMILES string of the molecule is CCCOc1ccc(C(C)N2CCCC2(C)C(=O)O)cc1. The molecular formula is C17H25NO3. The van der Waals surface area contributed by atoms with Crippen LogP contribution in [0.2, 0.25) is 0 Å². The molecule has 116 valence electrons. The predicted molar refractivity (Wildman–Crippen MR) is 82.6 cm³/mol. The maximum Gasteiger partial charge on any atom is 0.323 e. The lowest BCUT2D eigenvalue weighted by Crippen LogP contribution is -2.48. The van der Waals surface area contributed by atoms with Gasteiger partial charge in [0.2, 0.25) is 0 Å². The van der Waals surface area contributed by atoms with E-state index >= 15 is 0 Å². The zero-order chi connectivity index (χ0) is 15.5. The first-order valence-electron chi connectivity index (χ1n) is 7.72. The summed E-state index contributed by atoms with van der Waals surface area (Å²) in [6.45, 7) is 7.54. The Morgan fingerprint density at radius 3 is 2.67 bits per heavy atom. The van der Waals surface area contributed by atoms with Crippen molar-refractivity contribution < 1.29 is 14.6 Å². The molecule has 4 heteroatoms. The third kappa shape index (κ3) is 3.21. The average molecular weight is 291 g/mol. The van der Waals surface area contributed by atoms with Crippen LogP contribution in [0.25, 0.3) is 0 Å². The van der Waals surface area contributed by atoms with Gasteiger partial charge in [0, 0.05) is 6.04 Å². The number of hydrogen-bond acceptors (Lipinski definition) is 3. The van der Waals surface area contributed by atoms with Gasteiger partial charge in [-0.15, -0.1) is 0 Å². The smallest absolute Gasteiger partial charge is 0.323 e. The van der Waals surface area contributed by atoms with E-state index in [0.29, 0.717) is 6.42 Å². The van der Waals surface area contributed by atoms with Crippen molar-refractivity contribution in [1.29, 1.82) is 0 Å². The number of carboxylic acids is 1. The number of benzene rings is 1. The normalized spacial score (nSPS) is 24.0. The summed E-state index contributed by atoms with van der Waals surface area (Å²) in [6.07, 6.45) is 2.64. The number of hydrogen-bond donors (Lipinski definition) is 1. The average Bonchev–Trinajstić information content (AvgIpc) is 2.88. The molecular weight excluding hydrogens is 266 g/mol. The summed E-state index contributed by atoms with van der Waals surface area (Å²) >= 11 is 0. The van der Waals surface area contributed by atoms with Crippen molar-refractivity contribution >= 4 is 5.97 Å². The maximum atomic E-state index is 11.6.